The van der Waals surface area contributed by atoms with Crippen molar-refractivity contribution in [2.24, 2.45) is 5.92 Å². The highest BCUT2D eigenvalue weighted by Crippen LogP contribution is 2.40. The van der Waals surface area contributed by atoms with Gasteiger partial charge in [-0.05, 0) is 44.6 Å². The average molecular weight is 365 g/mol. The van der Waals surface area contributed by atoms with Crippen LogP contribution in [0.25, 0.3) is 0 Å². The molecule has 0 saturated heterocycles. The molecule has 6 nitrogen and oxygen atoms in total. The van der Waals surface area contributed by atoms with Gasteiger partial charge >= 0.3 is 11.9 Å². The zero-order valence-electron chi connectivity index (χ0n) is 14.7. The van der Waals surface area contributed by atoms with Gasteiger partial charge in [0, 0.05) is 11.0 Å². The number of esters is 2. The van der Waals surface area contributed by atoms with Crippen LogP contribution in [-0.2, 0) is 31.9 Å². The fraction of sp³-hybridized carbons (Fsp3) is 0.500. The summed E-state index contributed by atoms with van der Waals surface area (Å²) in [4.78, 5) is 36.8. The molecule has 1 heterocycles. The monoisotopic (exact) mass is 365 g/mol. The van der Waals surface area contributed by atoms with Crippen molar-refractivity contribution in [1.82, 2.24) is 0 Å². The minimum atomic E-state index is -0.581. The highest BCUT2D eigenvalue weighted by Gasteiger charge is 2.29. The van der Waals surface area contributed by atoms with Gasteiger partial charge in [0.2, 0.25) is 0 Å². The summed E-state index contributed by atoms with van der Waals surface area (Å²) in [7, 11) is 0. The van der Waals surface area contributed by atoms with Gasteiger partial charge < -0.3 is 14.8 Å². The second kappa shape index (κ2) is 8.80. The molecule has 0 saturated carbocycles. The van der Waals surface area contributed by atoms with Crippen LogP contribution in [-0.4, -0.2) is 31.1 Å². The number of hydrogen-bond acceptors (Lipinski definition) is 6. The predicted molar refractivity (Wildman–Crippen MR) is 95.9 cm³/mol. The van der Waals surface area contributed by atoms with Crippen molar-refractivity contribution >= 4 is 34.2 Å². The normalized spacial score (nSPS) is 16.4. The third-order valence-corrected chi connectivity index (χ3v) is 5.06. The van der Waals surface area contributed by atoms with E-state index in [1.165, 1.54) is 23.5 Å². The number of nitrogens with one attached hydrogen (secondary N) is 1. The fourth-order valence-electron chi connectivity index (χ4n) is 2.74. The summed E-state index contributed by atoms with van der Waals surface area (Å²) >= 11 is 1.41. The maximum absolute atomic E-state index is 12.4. The Kier molecular flexibility index (Phi) is 6.75. The van der Waals surface area contributed by atoms with Crippen molar-refractivity contribution in [3.8, 4) is 0 Å². The number of carbonyl (C=O) groups is 3. The highest BCUT2D eigenvalue weighted by molar-refractivity contribution is 7.17. The van der Waals surface area contributed by atoms with E-state index in [-0.39, 0.29) is 6.61 Å². The second-order valence-corrected chi connectivity index (χ2v) is 7.04. The van der Waals surface area contributed by atoms with Gasteiger partial charge in [-0.2, -0.15) is 0 Å². The van der Waals surface area contributed by atoms with Gasteiger partial charge in [0.05, 0.1) is 12.2 Å². The first-order chi connectivity index (χ1) is 12.0. The number of ether oxygens (including phenoxy) is 2. The Hall–Kier alpha value is -2.15. The van der Waals surface area contributed by atoms with Crippen LogP contribution in [0.2, 0.25) is 0 Å². The quantitative estimate of drug-likeness (QED) is 0.619. The molecule has 7 heteroatoms. The van der Waals surface area contributed by atoms with Crippen LogP contribution in [0, 0.1) is 5.92 Å². The molecule has 1 amide bonds. The van der Waals surface area contributed by atoms with Gasteiger partial charge in [0.1, 0.15) is 5.00 Å². The summed E-state index contributed by atoms with van der Waals surface area (Å²) in [5.41, 5.74) is 1.42. The third-order valence-electron chi connectivity index (χ3n) is 3.89. The lowest BCUT2D eigenvalue weighted by atomic mass is 9.88. The Bertz CT molecular complexity index is 692. The van der Waals surface area contributed by atoms with Crippen LogP contribution in [0.15, 0.2) is 12.2 Å². The van der Waals surface area contributed by atoms with Crippen molar-refractivity contribution in [2.45, 2.75) is 40.0 Å². The van der Waals surface area contributed by atoms with Crippen LogP contribution in [0.5, 0.6) is 0 Å². The molecule has 1 N–H and O–H groups in total. The van der Waals surface area contributed by atoms with E-state index in [4.69, 9.17) is 9.47 Å². The number of rotatable bonds is 6. The first-order valence-corrected chi connectivity index (χ1v) is 9.18. The molecule has 0 fully saturated rings. The van der Waals surface area contributed by atoms with Crippen molar-refractivity contribution in [3.05, 3.63) is 28.2 Å². The molecule has 0 bridgehead atoms. The molecule has 0 radical (unpaired) electrons. The molecule has 1 aromatic rings. The largest absolute Gasteiger partial charge is 0.462 e. The summed E-state index contributed by atoms with van der Waals surface area (Å²) in [6.07, 6.45) is 5.46. The lowest BCUT2D eigenvalue weighted by molar-refractivity contribution is -0.142. The molecule has 0 aromatic carbocycles. The Morgan fingerprint density at radius 2 is 2.08 bits per heavy atom. The summed E-state index contributed by atoms with van der Waals surface area (Å²) in [5, 5.41) is 3.17. The van der Waals surface area contributed by atoms with E-state index in [9.17, 15) is 14.4 Å². The zero-order valence-corrected chi connectivity index (χ0v) is 15.5. The number of thiophene rings is 1. The first kappa shape index (κ1) is 19.2. The predicted octanol–water partition coefficient (Wildman–Crippen LogP) is 3.11. The van der Waals surface area contributed by atoms with Crippen LogP contribution in [0.4, 0.5) is 5.00 Å². The summed E-state index contributed by atoms with van der Waals surface area (Å²) < 4.78 is 9.99. The van der Waals surface area contributed by atoms with Crippen LogP contribution < -0.4 is 5.32 Å². The summed E-state index contributed by atoms with van der Waals surface area (Å²) in [6.45, 7) is 5.48. The van der Waals surface area contributed by atoms with E-state index in [2.05, 4.69) is 12.2 Å². The summed E-state index contributed by atoms with van der Waals surface area (Å²) in [6, 6.07) is 0. The molecule has 136 valence electrons. The van der Waals surface area contributed by atoms with E-state index in [0.29, 0.717) is 16.5 Å². The molecule has 1 aromatic heterocycles. The smallest absolute Gasteiger partial charge is 0.341 e. The van der Waals surface area contributed by atoms with Gasteiger partial charge in [-0.25, -0.2) is 9.59 Å². The van der Waals surface area contributed by atoms with Crippen LogP contribution in [0.3, 0.4) is 0 Å². The fourth-order valence-corrected chi connectivity index (χ4v) is 4.16. The lowest BCUT2D eigenvalue weighted by Crippen LogP contribution is -2.21. The maximum Gasteiger partial charge on any atom is 0.341 e. The van der Waals surface area contributed by atoms with Gasteiger partial charge in [-0.1, -0.05) is 13.0 Å². The minimum absolute atomic E-state index is 0.272. The molecule has 0 aliphatic heterocycles. The molecule has 0 unspecified atom stereocenters. The van der Waals surface area contributed by atoms with Gasteiger partial charge in [-0.3, -0.25) is 4.79 Å². The number of anilines is 1. The highest BCUT2D eigenvalue weighted by atomic mass is 32.1. The Balaban J connectivity index is 2.17. The first-order valence-electron chi connectivity index (χ1n) is 8.37. The number of carbonyl (C=O) groups excluding carboxylic acids is 3. The lowest BCUT2D eigenvalue weighted by Gasteiger charge is -2.18. The number of hydrogen-bond donors (Lipinski definition) is 1. The van der Waals surface area contributed by atoms with Crippen molar-refractivity contribution in [3.63, 3.8) is 0 Å². The SMILES string of the molecule is C/C=C/C(=O)OCC(=O)Nc1sc2c(c1C(=O)OCC)CC[C@H](C)C2. The molecule has 1 aliphatic carbocycles. The average Bonchev–Trinajstić information content (AvgIpc) is 2.90. The maximum atomic E-state index is 12.4. The van der Waals surface area contributed by atoms with Gasteiger partial charge in [0.25, 0.3) is 5.91 Å². The third kappa shape index (κ3) is 4.92. The molecular weight excluding hydrogens is 342 g/mol. The molecule has 25 heavy (non-hydrogen) atoms. The second-order valence-electron chi connectivity index (χ2n) is 5.93. The molecule has 1 aliphatic rings. The molecule has 0 spiro atoms. The Labute approximate surface area is 151 Å². The standard InChI is InChI=1S/C18H23NO5S/c1-4-6-15(21)24-10-14(20)19-17-16(18(22)23-5-2)12-8-7-11(3)9-13(12)25-17/h4,6,11H,5,7-10H2,1-3H3,(H,19,20)/b6-4+/t11-/m0/s1. The number of allylic oxidation sites excluding steroid dienone is 1. The van der Waals surface area contributed by atoms with Gasteiger partial charge in [0.15, 0.2) is 6.61 Å². The van der Waals surface area contributed by atoms with E-state index < -0.39 is 24.5 Å². The summed E-state index contributed by atoms with van der Waals surface area (Å²) in [5.74, 6) is -0.931. The van der Waals surface area contributed by atoms with Crippen LogP contribution >= 0.6 is 11.3 Å². The Morgan fingerprint density at radius 1 is 1.32 bits per heavy atom. The van der Waals surface area contributed by atoms with Crippen molar-refractivity contribution in [1.29, 1.82) is 0 Å². The molecule has 2 rings (SSSR count). The van der Waals surface area contributed by atoms with Gasteiger partial charge in [-0.15, -0.1) is 11.3 Å². The van der Waals surface area contributed by atoms with E-state index in [1.807, 2.05) is 0 Å². The van der Waals surface area contributed by atoms with Crippen molar-refractivity contribution in [2.75, 3.05) is 18.5 Å². The van der Waals surface area contributed by atoms with E-state index in [1.54, 1.807) is 13.8 Å². The zero-order chi connectivity index (χ0) is 18.4. The number of amides is 1. The topological polar surface area (TPSA) is 81.7 Å². The van der Waals surface area contributed by atoms with E-state index in [0.717, 1.165) is 29.7 Å². The molecular formula is C18H23NO5S. The molecule has 1 atom stereocenters. The minimum Gasteiger partial charge on any atom is -0.462 e. The number of fused-ring (bicyclic) bond motifs is 1. The van der Waals surface area contributed by atoms with Crippen molar-refractivity contribution < 1.29 is 23.9 Å². The Morgan fingerprint density at radius 3 is 2.76 bits per heavy atom. The van der Waals surface area contributed by atoms with E-state index >= 15 is 0 Å². The van der Waals surface area contributed by atoms with Crippen LogP contribution in [0.1, 0.15) is 48.0 Å².